The molecule has 0 aliphatic heterocycles. The molecule has 0 fully saturated rings. The van der Waals surface area contributed by atoms with Crippen molar-refractivity contribution >= 4 is 23.7 Å². The fourth-order valence-electron chi connectivity index (χ4n) is 2.46. The van der Waals surface area contributed by atoms with E-state index in [2.05, 4.69) is 39.5 Å². The molecule has 0 aliphatic rings. The Bertz CT molecular complexity index is 291. The Kier molecular flexibility index (Phi) is 20.8. The van der Waals surface area contributed by atoms with Crippen LogP contribution in [0, 0.1) is 0 Å². The summed E-state index contributed by atoms with van der Waals surface area (Å²) in [5.41, 5.74) is 0. The molecule has 0 heterocycles. The van der Waals surface area contributed by atoms with Crippen molar-refractivity contribution in [1.29, 1.82) is 0 Å². The van der Waals surface area contributed by atoms with Crippen LogP contribution < -0.4 is 0 Å². The summed E-state index contributed by atoms with van der Waals surface area (Å²) >= 11 is 2.22. The van der Waals surface area contributed by atoms with Crippen molar-refractivity contribution in [3.05, 3.63) is 0 Å². The van der Waals surface area contributed by atoms with Crippen molar-refractivity contribution in [2.24, 2.45) is 0 Å². The van der Waals surface area contributed by atoms with E-state index in [1.807, 2.05) is 0 Å². The Morgan fingerprint density at radius 2 is 1.08 bits per heavy atom. The Morgan fingerprint density at radius 3 is 1.36 bits per heavy atom. The van der Waals surface area contributed by atoms with Gasteiger partial charge in [0, 0.05) is 10.5 Å². The van der Waals surface area contributed by atoms with Crippen LogP contribution in [-0.4, -0.2) is 32.7 Å². The highest BCUT2D eigenvalue weighted by Gasteiger charge is 2.08. The minimum absolute atomic E-state index is 0.296. The lowest BCUT2D eigenvalue weighted by atomic mass is 10.1. The van der Waals surface area contributed by atoms with Crippen LogP contribution in [0.2, 0.25) is 0 Å². The normalized spacial score (nSPS) is 12.8. The monoisotopic (exact) mass is 376 g/mol. The quantitative estimate of drug-likeness (QED) is 0.325. The first-order valence-corrected chi connectivity index (χ1v) is 10.9. The Labute approximate surface area is 159 Å². The number of rotatable bonds is 15. The molecule has 0 aromatic rings. The minimum atomic E-state index is -1.08. The van der Waals surface area contributed by atoms with Crippen LogP contribution >= 0.6 is 11.8 Å². The molecule has 0 saturated carbocycles. The van der Waals surface area contributed by atoms with Crippen LogP contribution in [0.15, 0.2) is 0 Å². The van der Waals surface area contributed by atoms with Crippen molar-refractivity contribution in [2.45, 2.75) is 115 Å². The van der Waals surface area contributed by atoms with E-state index in [9.17, 15) is 9.59 Å². The summed E-state index contributed by atoms with van der Waals surface area (Å²) in [7, 11) is 0. The third-order valence-electron chi connectivity index (χ3n) is 3.95. The predicted molar refractivity (Wildman–Crippen MR) is 109 cm³/mol. The van der Waals surface area contributed by atoms with Crippen LogP contribution in [0.1, 0.15) is 105 Å². The molecule has 0 amide bonds. The summed E-state index contributed by atoms with van der Waals surface area (Å²) in [5, 5.41) is 17.5. The molecular formula is C20H40O4S. The van der Waals surface area contributed by atoms with Gasteiger partial charge in [-0.25, -0.2) is 0 Å². The Hall–Kier alpha value is -0.710. The van der Waals surface area contributed by atoms with Crippen molar-refractivity contribution in [2.75, 3.05) is 0 Å². The molecule has 0 aromatic carbocycles. The van der Waals surface area contributed by atoms with Gasteiger partial charge in [-0.1, -0.05) is 79.1 Å². The molecule has 0 radical (unpaired) electrons. The first kappa shape index (κ1) is 26.5. The summed E-state index contributed by atoms with van der Waals surface area (Å²) < 4.78 is 0. The molecular weight excluding hydrogens is 336 g/mol. The van der Waals surface area contributed by atoms with E-state index in [1.54, 1.807) is 0 Å². The van der Waals surface area contributed by atoms with Crippen molar-refractivity contribution < 1.29 is 19.8 Å². The Balaban J connectivity index is 0. The van der Waals surface area contributed by atoms with E-state index in [0.29, 0.717) is 0 Å². The molecule has 0 spiro atoms. The summed E-state index contributed by atoms with van der Waals surface area (Å²) in [5.74, 6) is -2.15. The van der Waals surface area contributed by atoms with Gasteiger partial charge in [0.05, 0.1) is 12.8 Å². The predicted octanol–water partition coefficient (Wildman–Crippen LogP) is 6.37. The molecule has 150 valence electrons. The maximum absolute atomic E-state index is 9.64. The fourth-order valence-corrected chi connectivity index (χ4v) is 3.86. The van der Waals surface area contributed by atoms with E-state index < -0.39 is 11.9 Å². The average molecular weight is 377 g/mol. The standard InChI is InChI=1S/C16H34S.C4H6O4/c1-5-7-9-11-13-15(3)17-16(4)14-12-10-8-6-2;5-3(6)1-2-4(7)8/h15-16H,5-14H2,1-4H3;1-2H2,(H,5,6)(H,7,8). The first-order valence-electron chi connectivity index (χ1n) is 9.92. The molecule has 2 N–H and O–H groups in total. The lowest BCUT2D eigenvalue weighted by Gasteiger charge is -2.17. The number of hydrogen-bond acceptors (Lipinski definition) is 3. The summed E-state index contributed by atoms with van der Waals surface area (Å²) in [6.07, 6.45) is 13.5. The number of hydrogen-bond donors (Lipinski definition) is 2. The van der Waals surface area contributed by atoms with E-state index in [1.165, 1.54) is 64.2 Å². The highest BCUT2D eigenvalue weighted by atomic mass is 32.2. The van der Waals surface area contributed by atoms with E-state index in [-0.39, 0.29) is 12.8 Å². The van der Waals surface area contributed by atoms with E-state index in [0.717, 1.165) is 10.5 Å². The molecule has 2 atom stereocenters. The largest absolute Gasteiger partial charge is 0.481 e. The van der Waals surface area contributed by atoms with Gasteiger partial charge in [-0.05, 0) is 12.8 Å². The molecule has 0 rings (SSSR count). The van der Waals surface area contributed by atoms with E-state index in [4.69, 9.17) is 10.2 Å². The third-order valence-corrected chi connectivity index (χ3v) is 5.35. The average Bonchev–Trinajstić information content (AvgIpc) is 2.54. The van der Waals surface area contributed by atoms with Crippen LogP contribution in [0.25, 0.3) is 0 Å². The number of carbonyl (C=O) groups is 2. The molecule has 4 nitrogen and oxygen atoms in total. The van der Waals surface area contributed by atoms with Gasteiger partial charge in [0.2, 0.25) is 0 Å². The third kappa shape index (κ3) is 25.6. The fraction of sp³-hybridized carbons (Fsp3) is 0.900. The molecule has 0 saturated heterocycles. The van der Waals surface area contributed by atoms with Gasteiger partial charge in [-0.2, -0.15) is 11.8 Å². The van der Waals surface area contributed by atoms with Crippen LogP contribution in [-0.2, 0) is 9.59 Å². The zero-order valence-corrected chi connectivity index (χ0v) is 17.6. The number of carboxylic acid groups (broad SMARTS) is 2. The van der Waals surface area contributed by atoms with Gasteiger partial charge in [0.25, 0.3) is 0 Å². The second-order valence-electron chi connectivity index (χ2n) is 6.74. The highest BCUT2D eigenvalue weighted by Crippen LogP contribution is 2.25. The number of unbranched alkanes of at least 4 members (excludes halogenated alkanes) is 6. The molecule has 0 aromatic heterocycles. The molecule has 0 bridgehead atoms. The van der Waals surface area contributed by atoms with Gasteiger partial charge >= 0.3 is 11.9 Å². The zero-order chi connectivity index (χ0) is 19.5. The smallest absolute Gasteiger partial charge is 0.303 e. The number of carboxylic acids is 2. The molecule has 5 heteroatoms. The first-order chi connectivity index (χ1) is 11.8. The van der Waals surface area contributed by atoms with Crippen LogP contribution in [0.5, 0.6) is 0 Å². The second kappa shape index (κ2) is 19.6. The molecule has 25 heavy (non-hydrogen) atoms. The molecule has 0 aliphatic carbocycles. The van der Waals surface area contributed by atoms with Gasteiger partial charge < -0.3 is 10.2 Å². The summed E-state index contributed by atoms with van der Waals surface area (Å²) in [4.78, 5) is 19.3. The van der Waals surface area contributed by atoms with Crippen LogP contribution in [0.4, 0.5) is 0 Å². The minimum Gasteiger partial charge on any atom is -0.481 e. The van der Waals surface area contributed by atoms with Gasteiger partial charge in [-0.3, -0.25) is 9.59 Å². The maximum Gasteiger partial charge on any atom is 0.303 e. The Morgan fingerprint density at radius 1 is 0.720 bits per heavy atom. The van der Waals surface area contributed by atoms with Gasteiger partial charge in [-0.15, -0.1) is 0 Å². The maximum atomic E-state index is 9.64. The lowest BCUT2D eigenvalue weighted by molar-refractivity contribution is -0.143. The topological polar surface area (TPSA) is 74.6 Å². The van der Waals surface area contributed by atoms with Crippen molar-refractivity contribution in [3.8, 4) is 0 Å². The lowest BCUT2D eigenvalue weighted by Crippen LogP contribution is -2.05. The number of aliphatic carboxylic acids is 2. The summed E-state index contributed by atoms with van der Waals surface area (Å²) in [6.45, 7) is 9.41. The SMILES string of the molecule is CCCCCCC(C)SC(C)CCCCCC.O=C(O)CCC(=O)O. The second-order valence-corrected chi connectivity index (χ2v) is 8.63. The van der Waals surface area contributed by atoms with E-state index >= 15 is 0 Å². The highest BCUT2D eigenvalue weighted by molar-refractivity contribution is 8.00. The molecule has 2 unspecified atom stereocenters. The zero-order valence-electron chi connectivity index (χ0n) is 16.8. The van der Waals surface area contributed by atoms with Gasteiger partial charge in [0.15, 0.2) is 0 Å². The van der Waals surface area contributed by atoms with Crippen LogP contribution in [0.3, 0.4) is 0 Å². The van der Waals surface area contributed by atoms with Crippen molar-refractivity contribution in [3.63, 3.8) is 0 Å². The summed E-state index contributed by atoms with van der Waals surface area (Å²) in [6, 6.07) is 0. The number of thioether (sulfide) groups is 1. The van der Waals surface area contributed by atoms with Gasteiger partial charge in [0.1, 0.15) is 0 Å². The van der Waals surface area contributed by atoms with Crippen molar-refractivity contribution in [1.82, 2.24) is 0 Å².